The predicted molar refractivity (Wildman–Crippen MR) is 140 cm³/mol. The molecule has 5 unspecified atom stereocenters. The first-order chi connectivity index (χ1) is 17.6. The number of piperazine rings is 1. The summed E-state index contributed by atoms with van der Waals surface area (Å²) in [5.74, 6) is 3.54. The minimum absolute atomic E-state index is 0.350. The Hall–Kier alpha value is -2.32. The van der Waals surface area contributed by atoms with Gasteiger partial charge >= 0.3 is 0 Å². The van der Waals surface area contributed by atoms with Crippen molar-refractivity contribution in [2.24, 2.45) is 16.2 Å². The molecule has 2 N–H and O–H groups in total. The van der Waals surface area contributed by atoms with Gasteiger partial charge in [-0.1, -0.05) is 25.0 Å². The Morgan fingerprint density at radius 1 is 0.861 bits per heavy atom. The molecule has 7 nitrogen and oxygen atoms in total. The highest BCUT2D eigenvalue weighted by Crippen LogP contribution is 2.60. The summed E-state index contributed by atoms with van der Waals surface area (Å²) in [6, 6.07) is 7.88. The normalized spacial score (nSPS) is 31.5. The van der Waals surface area contributed by atoms with Gasteiger partial charge in [-0.15, -0.1) is 0 Å². The van der Waals surface area contributed by atoms with Gasteiger partial charge in [-0.25, -0.2) is 4.21 Å². The average molecular weight is 509 g/mol. The molecule has 1 aromatic heterocycles. The molecule has 0 amide bonds. The molecule has 0 spiro atoms. The number of aromatic nitrogens is 1. The van der Waals surface area contributed by atoms with Crippen molar-refractivity contribution in [3.8, 4) is 11.8 Å². The van der Waals surface area contributed by atoms with Crippen molar-refractivity contribution in [3.63, 3.8) is 0 Å². The van der Waals surface area contributed by atoms with Gasteiger partial charge in [0.15, 0.2) is 22.7 Å². The molecule has 5 aliphatic rings. The maximum Gasteiger partial charge on any atom is 0.197 e. The smallest absolute Gasteiger partial charge is 0.197 e. The van der Waals surface area contributed by atoms with E-state index < -0.39 is 11.0 Å². The number of aromatic hydroxyl groups is 2. The second-order valence-corrected chi connectivity index (χ2v) is 12.7. The van der Waals surface area contributed by atoms with Crippen LogP contribution in [0.3, 0.4) is 0 Å². The van der Waals surface area contributed by atoms with Gasteiger partial charge in [0.25, 0.3) is 0 Å². The van der Waals surface area contributed by atoms with Crippen LogP contribution in [0, 0.1) is 11.8 Å². The van der Waals surface area contributed by atoms with E-state index in [1.165, 1.54) is 25.7 Å². The highest BCUT2D eigenvalue weighted by atomic mass is 32.2. The van der Waals surface area contributed by atoms with Crippen molar-refractivity contribution >= 4 is 16.8 Å². The van der Waals surface area contributed by atoms with Crippen LogP contribution in [0.25, 0.3) is 0 Å². The lowest BCUT2D eigenvalue weighted by molar-refractivity contribution is 0.107. The van der Waals surface area contributed by atoms with E-state index in [1.807, 2.05) is 28.8 Å². The Morgan fingerprint density at radius 3 is 2.19 bits per heavy atom. The lowest BCUT2D eigenvalue weighted by Gasteiger charge is -2.40. The Morgan fingerprint density at radius 2 is 1.50 bits per heavy atom. The summed E-state index contributed by atoms with van der Waals surface area (Å²) in [6.07, 6.45) is 8.31. The van der Waals surface area contributed by atoms with Crippen molar-refractivity contribution in [2.75, 3.05) is 32.7 Å². The maximum atomic E-state index is 12.4. The Bertz CT molecular complexity index is 1200. The van der Waals surface area contributed by atoms with Crippen molar-refractivity contribution in [3.05, 3.63) is 41.0 Å². The zero-order chi connectivity index (χ0) is 24.4. The van der Waals surface area contributed by atoms with E-state index in [2.05, 4.69) is 14.2 Å². The quantitative estimate of drug-likeness (QED) is 0.648. The second kappa shape index (κ2) is 8.91. The van der Waals surface area contributed by atoms with E-state index in [0.717, 1.165) is 86.0 Å². The molecule has 1 saturated heterocycles. The van der Waals surface area contributed by atoms with Gasteiger partial charge in [-0.3, -0.25) is 9.47 Å². The van der Waals surface area contributed by atoms with Gasteiger partial charge < -0.3 is 15.1 Å². The van der Waals surface area contributed by atoms with Crippen molar-refractivity contribution in [1.29, 1.82) is 0 Å². The number of amidine groups is 1. The van der Waals surface area contributed by atoms with Crippen molar-refractivity contribution in [1.82, 2.24) is 14.4 Å². The zero-order valence-corrected chi connectivity index (χ0v) is 21.6. The fourth-order valence-electron chi connectivity index (χ4n) is 7.80. The summed E-state index contributed by atoms with van der Waals surface area (Å²) in [5.41, 5.74) is 3.14. The molecule has 1 aromatic carbocycles. The Balaban J connectivity index is 1.01. The predicted octanol–water partition coefficient (Wildman–Crippen LogP) is 4.17. The summed E-state index contributed by atoms with van der Waals surface area (Å²) < 4.78 is 18.7. The minimum atomic E-state index is -1.28. The highest BCUT2D eigenvalue weighted by molar-refractivity contribution is 7.84. The van der Waals surface area contributed by atoms with Gasteiger partial charge in [0.05, 0.1) is 4.90 Å². The lowest BCUT2D eigenvalue weighted by atomic mass is 9.78. The van der Waals surface area contributed by atoms with Gasteiger partial charge in [0, 0.05) is 56.0 Å². The number of rotatable bonds is 4. The molecule has 2 aromatic rings. The van der Waals surface area contributed by atoms with Crippen LogP contribution in [0.1, 0.15) is 73.5 Å². The molecule has 2 bridgehead atoms. The third-order valence-corrected chi connectivity index (χ3v) is 10.7. The molecule has 36 heavy (non-hydrogen) atoms. The Labute approximate surface area is 215 Å². The van der Waals surface area contributed by atoms with Crippen LogP contribution in [0.5, 0.6) is 11.8 Å². The maximum absolute atomic E-state index is 12.4. The average Bonchev–Trinajstić information content (AvgIpc) is 3.66. The Kier molecular flexibility index (Phi) is 5.65. The number of nitrogens with zero attached hydrogens (tertiary/aromatic N) is 4. The number of hydrogen-bond donors (Lipinski definition) is 2. The summed E-state index contributed by atoms with van der Waals surface area (Å²) in [5, 5.41) is 22.1. The van der Waals surface area contributed by atoms with Crippen LogP contribution in [-0.2, 0) is 17.5 Å². The number of hydrogen-bond acceptors (Lipinski definition) is 5. The molecule has 5 atom stereocenters. The lowest BCUT2D eigenvalue weighted by Crippen LogP contribution is -2.50. The third-order valence-electron chi connectivity index (χ3n) is 9.67. The third kappa shape index (κ3) is 3.63. The fraction of sp³-hybridized carbons (Fsp3) is 0.607. The first-order valence-electron chi connectivity index (χ1n) is 13.8. The van der Waals surface area contributed by atoms with Crippen molar-refractivity contribution < 1.29 is 14.4 Å². The molecule has 192 valence electrons. The molecule has 8 heteroatoms. The van der Waals surface area contributed by atoms with E-state index in [1.54, 1.807) is 0 Å². The SMILES string of the molecule is O=S1N=C(N2CCN(CC3CCCCC3Cn3c(O)c4c(c3O)C3CCC4C3)CC2)c2ccccc21. The van der Waals surface area contributed by atoms with E-state index in [-0.39, 0.29) is 0 Å². The first kappa shape index (κ1) is 22.8. The van der Waals surface area contributed by atoms with E-state index in [4.69, 9.17) is 0 Å². The summed E-state index contributed by atoms with van der Waals surface area (Å²) in [7, 11) is -1.28. The molecule has 7 rings (SSSR count). The molecular weight excluding hydrogens is 472 g/mol. The largest absolute Gasteiger partial charge is 0.494 e. The molecule has 3 fully saturated rings. The molecule has 3 aliphatic carbocycles. The van der Waals surface area contributed by atoms with Gasteiger partial charge in [-0.05, 0) is 67.9 Å². The van der Waals surface area contributed by atoms with Crippen LogP contribution in [-0.4, -0.2) is 67.3 Å². The summed E-state index contributed by atoms with van der Waals surface area (Å²) >= 11 is 0. The monoisotopic (exact) mass is 508 g/mol. The number of fused-ring (bicyclic) bond motifs is 6. The molecule has 2 saturated carbocycles. The van der Waals surface area contributed by atoms with E-state index in [0.29, 0.717) is 35.4 Å². The van der Waals surface area contributed by atoms with E-state index in [9.17, 15) is 14.4 Å². The molecule has 2 aliphatic heterocycles. The first-order valence-corrected chi connectivity index (χ1v) is 14.9. The van der Waals surface area contributed by atoms with Gasteiger partial charge in [0.1, 0.15) is 5.84 Å². The van der Waals surface area contributed by atoms with Crippen LogP contribution < -0.4 is 0 Å². The van der Waals surface area contributed by atoms with Gasteiger partial charge in [0.2, 0.25) is 0 Å². The van der Waals surface area contributed by atoms with Crippen LogP contribution in [0.15, 0.2) is 33.6 Å². The van der Waals surface area contributed by atoms with E-state index >= 15 is 0 Å². The number of benzene rings is 1. The topological polar surface area (TPSA) is 81.3 Å². The highest BCUT2D eigenvalue weighted by Gasteiger charge is 2.44. The van der Waals surface area contributed by atoms with Crippen molar-refractivity contribution in [2.45, 2.75) is 68.2 Å². The second-order valence-electron chi connectivity index (χ2n) is 11.5. The molecule has 0 radical (unpaired) electrons. The fourth-order valence-corrected chi connectivity index (χ4v) is 8.81. The summed E-state index contributed by atoms with van der Waals surface area (Å²) in [4.78, 5) is 5.70. The van der Waals surface area contributed by atoms with Crippen LogP contribution >= 0.6 is 0 Å². The minimum Gasteiger partial charge on any atom is -0.494 e. The molecule has 3 heterocycles. The van der Waals surface area contributed by atoms with Crippen LogP contribution in [0.4, 0.5) is 0 Å². The van der Waals surface area contributed by atoms with Crippen LogP contribution in [0.2, 0.25) is 0 Å². The molecular formula is C28H36N4O3S. The standard InChI is InChI=1S/C28H36N4O3S/c33-27-24-18-9-10-19(15-18)25(24)28(34)32(27)17-21-6-2-1-5-20(21)16-30-11-13-31(14-12-30)26-22-7-3-4-8-23(22)36(35)29-26/h3-4,7-8,18-21,33-34H,1-2,5-6,9-17H2. The summed E-state index contributed by atoms with van der Waals surface area (Å²) in [6.45, 7) is 5.56. The zero-order valence-electron chi connectivity index (χ0n) is 20.8. The van der Waals surface area contributed by atoms with Gasteiger partial charge in [-0.2, -0.15) is 4.40 Å².